The highest BCUT2D eigenvalue weighted by atomic mass is 35.5. The van der Waals surface area contributed by atoms with E-state index in [0.29, 0.717) is 29.2 Å². The van der Waals surface area contributed by atoms with E-state index in [2.05, 4.69) is 5.32 Å². The Morgan fingerprint density at radius 2 is 1.71 bits per heavy atom. The molecule has 0 aliphatic rings. The first-order chi connectivity index (χ1) is 15.9. The third kappa shape index (κ3) is 8.02. The molecule has 1 atom stereocenters. The van der Waals surface area contributed by atoms with Gasteiger partial charge >= 0.3 is 0 Å². The molecule has 186 valence electrons. The maximum Gasteiger partial charge on any atom is 0.244 e. The number of hydrogen-bond acceptors (Lipinski definition) is 4. The molecular weight excluding hydrogens is 474 g/mol. The number of amides is 2. The van der Waals surface area contributed by atoms with Crippen LogP contribution in [0.3, 0.4) is 0 Å². The molecule has 0 bridgehead atoms. The Balaban J connectivity index is 2.32. The van der Waals surface area contributed by atoms with Crippen LogP contribution in [0.25, 0.3) is 0 Å². The van der Waals surface area contributed by atoms with Crippen molar-refractivity contribution in [3.63, 3.8) is 0 Å². The predicted molar refractivity (Wildman–Crippen MR) is 138 cm³/mol. The molecule has 0 saturated heterocycles. The summed E-state index contributed by atoms with van der Waals surface area (Å²) in [6.45, 7) is 7.72. The van der Waals surface area contributed by atoms with Crippen molar-refractivity contribution in [3.05, 3.63) is 64.7 Å². The van der Waals surface area contributed by atoms with E-state index in [-0.39, 0.29) is 18.4 Å². The number of nitrogens with one attached hydrogen (secondary N) is 1. The van der Waals surface area contributed by atoms with Crippen LogP contribution in [-0.4, -0.2) is 57.1 Å². The fourth-order valence-corrected chi connectivity index (χ4v) is 4.65. The average Bonchev–Trinajstić information content (AvgIpc) is 2.76. The van der Waals surface area contributed by atoms with Crippen molar-refractivity contribution in [3.8, 4) is 0 Å². The molecule has 2 rings (SSSR count). The van der Waals surface area contributed by atoms with Crippen molar-refractivity contribution >= 4 is 39.1 Å². The maximum absolute atomic E-state index is 13.5. The topological polar surface area (TPSA) is 86.8 Å². The molecule has 0 radical (unpaired) electrons. The summed E-state index contributed by atoms with van der Waals surface area (Å²) in [6.07, 6.45) is 1.59. The number of sulfonamides is 1. The van der Waals surface area contributed by atoms with Gasteiger partial charge in [0, 0.05) is 18.1 Å². The van der Waals surface area contributed by atoms with E-state index in [1.165, 1.54) is 4.90 Å². The molecule has 0 aromatic heterocycles. The van der Waals surface area contributed by atoms with Crippen LogP contribution < -0.4 is 9.62 Å². The molecule has 0 aliphatic carbocycles. The average molecular weight is 508 g/mol. The Morgan fingerprint density at radius 1 is 1.06 bits per heavy atom. The standard InChI is InChI=1S/C25H34ClN3O4S/c1-18(2)16-27-25(31)20(4)28(14-13-21-9-7-6-8-10-21)24(30)17-29(34(5,32)33)23-12-11-22(26)15-19(23)3/h6-12,15,18,20H,13-14,16-17H2,1-5H3,(H,27,31)/t20-/m1/s1. The fraction of sp³-hybridized carbons (Fsp3) is 0.440. The van der Waals surface area contributed by atoms with Crippen molar-refractivity contribution in [2.45, 2.75) is 40.2 Å². The van der Waals surface area contributed by atoms with Crippen LogP contribution in [0.4, 0.5) is 5.69 Å². The molecule has 1 N–H and O–H groups in total. The van der Waals surface area contributed by atoms with E-state index in [0.717, 1.165) is 16.1 Å². The molecule has 0 fully saturated rings. The van der Waals surface area contributed by atoms with Crippen LogP contribution in [0, 0.1) is 12.8 Å². The van der Waals surface area contributed by atoms with Gasteiger partial charge in [0.05, 0.1) is 11.9 Å². The molecule has 0 heterocycles. The molecule has 0 aliphatic heterocycles. The highest BCUT2D eigenvalue weighted by Gasteiger charge is 2.30. The van der Waals surface area contributed by atoms with E-state index in [1.807, 2.05) is 44.2 Å². The Labute approximate surface area is 208 Å². The molecule has 7 nitrogen and oxygen atoms in total. The summed E-state index contributed by atoms with van der Waals surface area (Å²) in [5, 5.41) is 3.34. The monoisotopic (exact) mass is 507 g/mol. The Hall–Kier alpha value is -2.58. The largest absolute Gasteiger partial charge is 0.354 e. The summed E-state index contributed by atoms with van der Waals surface area (Å²) in [6, 6.07) is 13.7. The number of rotatable bonds is 11. The SMILES string of the molecule is Cc1cc(Cl)ccc1N(CC(=O)N(CCc1ccccc1)[C@H](C)C(=O)NCC(C)C)S(C)(=O)=O. The number of halogens is 1. The van der Waals surface area contributed by atoms with Crippen molar-refractivity contribution < 1.29 is 18.0 Å². The predicted octanol–water partition coefficient (Wildman–Crippen LogP) is 3.65. The molecule has 2 aromatic rings. The third-order valence-electron chi connectivity index (χ3n) is 5.44. The zero-order chi connectivity index (χ0) is 25.5. The Kier molecular flexibility index (Phi) is 9.94. The van der Waals surface area contributed by atoms with Gasteiger partial charge < -0.3 is 10.2 Å². The number of aryl methyl sites for hydroxylation is 1. The summed E-state index contributed by atoms with van der Waals surface area (Å²) >= 11 is 6.03. The fourth-order valence-electron chi connectivity index (χ4n) is 3.52. The summed E-state index contributed by atoms with van der Waals surface area (Å²) in [5.74, 6) is -0.468. The van der Waals surface area contributed by atoms with Gasteiger partial charge in [0.1, 0.15) is 12.6 Å². The second-order valence-electron chi connectivity index (χ2n) is 8.84. The van der Waals surface area contributed by atoms with Crippen molar-refractivity contribution in [1.82, 2.24) is 10.2 Å². The number of hydrogen-bond donors (Lipinski definition) is 1. The zero-order valence-electron chi connectivity index (χ0n) is 20.4. The van der Waals surface area contributed by atoms with Gasteiger partial charge in [0.25, 0.3) is 0 Å². The molecule has 34 heavy (non-hydrogen) atoms. The molecule has 2 amide bonds. The molecule has 0 saturated carbocycles. The van der Waals surface area contributed by atoms with Gasteiger partial charge in [-0.3, -0.25) is 13.9 Å². The smallest absolute Gasteiger partial charge is 0.244 e. The first-order valence-corrected chi connectivity index (χ1v) is 13.5. The van der Waals surface area contributed by atoms with E-state index in [9.17, 15) is 18.0 Å². The number of anilines is 1. The van der Waals surface area contributed by atoms with Crippen molar-refractivity contribution in [1.29, 1.82) is 0 Å². The highest BCUT2D eigenvalue weighted by Crippen LogP contribution is 2.26. The van der Waals surface area contributed by atoms with Crippen LogP contribution in [0.15, 0.2) is 48.5 Å². The van der Waals surface area contributed by atoms with E-state index >= 15 is 0 Å². The van der Waals surface area contributed by atoms with Crippen LogP contribution >= 0.6 is 11.6 Å². The Morgan fingerprint density at radius 3 is 2.26 bits per heavy atom. The van der Waals surface area contributed by atoms with Gasteiger partial charge in [-0.15, -0.1) is 0 Å². The number of carbonyl (C=O) groups excluding carboxylic acids is 2. The first kappa shape index (κ1) is 27.7. The normalized spacial score (nSPS) is 12.3. The van der Waals surface area contributed by atoms with Crippen LogP contribution in [0.1, 0.15) is 31.9 Å². The minimum atomic E-state index is -3.77. The molecule has 0 spiro atoms. The maximum atomic E-state index is 13.5. The van der Waals surface area contributed by atoms with Gasteiger partial charge in [-0.2, -0.15) is 0 Å². The second-order valence-corrected chi connectivity index (χ2v) is 11.2. The van der Waals surface area contributed by atoms with E-state index in [4.69, 9.17) is 11.6 Å². The minimum absolute atomic E-state index is 0.262. The van der Waals surface area contributed by atoms with Gasteiger partial charge in [-0.05, 0) is 55.5 Å². The second kappa shape index (κ2) is 12.2. The lowest BCUT2D eigenvalue weighted by atomic mass is 10.1. The van der Waals surface area contributed by atoms with Crippen LogP contribution in [0.2, 0.25) is 5.02 Å². The van der Waals surface area contributed by atoms with Crippen molar-refractivity contribution in [2.24, 2.45) is 5.92 Å². The lowest BCUT2D eigenvalue weighted by Crippen LogP contribution is -2.52. The number of carbonyl (C=O) groups is 2. The third-order valence-corrected chi connectivity index (χ3v) is 6.80. The zero-order valence-corrected chi connectivity index (χ0v) is 22.0. The molecule has 2 aromatic carbocycles. The van der Waals surface area contributed by atoms with Gasteiger partial charge in [0.15, 0.2) is 0 Å². The van der Waals surface area contributed by atoms with Gasteiger partial charge in [-0.1, -0.05) is 55.8 Å². The summed E-state index contributed by atoms with van der Waals surface area (Å²) in [7, 11) is -3.77. The Bertz CT molecular complexity index is 1090. The van der Waals surface area contributed by atoms with Crippen LogP contribution in [-0.2, 0) is 26.0 Å². The lowest BCUT2D eigenvalue weighted by Gasteiger charge is -2.32. The minimum Gasteiger partial charge on any atom is -0.354 e. The summed E-state index contributed by atoms with van der Waals surface area (Å²) in [4.78, 5) is 27.7. The van der Waals surface area contributed by atoms with E-state index in [1.54, 1.807) is 32.0 Å². The molecule has 0 unspecified atom stereocenters. The number of nitrogens with zero attached hydrogens (tertiary/aromatic N) is 2. The number of benzene rings is 2. The molecular formula is C25H34ClN3O4S. The highest BCUT2D eigenvalue weighted by molar-refractivity contribution is 7.92. The molecule has 9 heteroatoms. The lowest BCUT2D eigenvalue weighted by molar-refractivity contribution is -0.138. The van der Waals surface area contributed by atoms with Crippen molar-refractivity contribution in [2.75, 3.05) is 30.2 Å². The quantitative estimate of drug-likeness (QED) is 0.503. The van der Waals surface area contributed by atoms with Crippen LogP contribution in [0.5, 0.6) is 0 Å². The van der Waals surface area contributed by atoms with Gasteiger partial charge in [-0.25, -0.2) is 8.42 Å². The van der Waals surface area contributed by atoms with Gasteiger partial charge in [0.2, 0.25) is 21.8 Å². The summed E-state index contributed by atoms with van der Waals surface area (Å²) in [5.41, 5.74) is 2.02. The summed E-state index contributed by atoms with van der Waals surface area (Å²) < 4.78 is 26.3. The first-order valence-electron chi connectivity index (χ1n) is 11.2. The van der Waals surface area contributed by atoms with E-state index < -0.39 is 28.5 Å².